The monoisotopic (exact) mass is 259 g/mol. The van der Waals surface area contributed by atoms with Gasteiger partial charge in [-0.05, 0) is 39.7 Å². The topological polar surface area (TPSA) is 49.1 Å². The zero-order chi connectivity index (χ0) is 13.8. The van der Waals surface area contributed by atoms with E-state index < -0.39 is 0 Å². The Balaban J connectivity index is 2.29. The summed E-state index contributed by atoms with van der Waals surface area (Å²) in [4.78, 5) is 6.61. The molecule has 19 heavy (non-hydrogen) atoms. The van der Waals surface area contributed by atoms with Gasteiger partial charge in [0.1, 0.15) is 6.07 Å². The van der Waals surface area contributed by atoms with Crippen molar-refractivity contribution in [1.82, 2.24) is 4.98 Å². The van der Waals surface area contributed by atoms with Gasteiger partial charge in [0.2, 0.25) is 0 Å². The molecule has 4 nitrogen and oxygen atoms in total. The summed E-state index contributed by atoms with van der Waals surface area (Å²) in [6.07, 6.45) is 2.55. The van der Waals surface area contributed by atoms with Gasteiger partial charge in [-0.25, -0.2) is 0 Å². The Morgan fingerprint density at radius 1 is 1.53 bits per heavy atom. The summed E-state index contributed by atoms with van der Waals surface area (Å²) in [6, 6.07) is 4.29. The first-order valence-corrected chi connectivity index (χ1v) is 6.90. The smallest absolute Gasteiger partial charge is 0.103 e. The fourth-order valence-corrected chi connectivity index (χ4v) is 2.63. The largest absolute Gasteiger partial charge is 0.376 e. The fraction of sp³-hybridized carbons (Fsp3) is 0.600. The van der Waals surface area contributed by atoms with E-state index in [2.05, 4.69) is 22.9 Å². The summed E-state index contributed by atoms with van der Waals surface area (Å²) in [7, 11) is 0. The predicted octanol–water partition coefficient (Wildman–Crippen LogP) is 2.58. The molecule has 1 aliphatic rings. The molecule has 0 spiro atoms. The average molecular weight is 259 g/mol. The second kappa shape index (κ2) is 6.03. The maximum Gasteiger partial charge on any atom is 0.103 e. The number of nitriles is 1. The molecule has 4 heteroatoms. The zero-order valence-corrected chi connectivity index (χ0v) is 11.9. The molecule has 0 N–H and O–H groups in total. The van der Waals surface area contributed by atoms with E-state index in [1.54, 1.807) is 0 Å². The van der Waals surface area contributed by atoms with Crippen LogP contribution in [0.25, 0.3) is 0 Å². The Morgan fingerprint density at radius 3 is 2.89 bits per heavy atom. The number of aryl methyl sites for hydroxylation is 2. The van der Waals surface area contributed by atoms with Crippen molar-refractivity contribution in [2.75, 3.05) is 24.6 Å². The third kappa shape index (κ3) is 3.05. The summed E-state index contributed by atoms with van der Waals surface area (Å²) in [5, 5.41) is 9.35. The third-order valence-electron chi connectivity index (χ3n) is 3.59. The number of hydrogen-bond acceptors (Lipinski definition) is 4. The minimum atomic E-state index is 0.292. The van der Waals surface area contributed by atoms with Crippen LogP contribution in [0.4, 0.5) is 5.69 Å². The fourth-order valence-electron chi connectivity index (χ4n) is 2.63. The first-order valence-electron chi connectivity index (χ1n) is 6.90. The van der Waals surface area contributed by atoms with E-state index in [4.69, 9.17) is 4.74 Å². The summed E-state index contributed by atoms with van der Waals surface area (Å²) in [6.45, 7) is 8.57. The minimum absolute atomic E-state index is 0.292. The lowest BCUT2D eigenvalue weighted by atomic mass is 10.1. The van der Waals surface area contributed by atoms with Crippen LogP contribution in [-0.4, -0.2) is 30.8 Å². The standard InChI is InChI=1S/C15H21N3O/c1-4-18(10-13-6-5-7-19-13)15-8-11(2)17-12(3)14(15)9-16/h8,13H,4-7,10H2,1-3H3. The molecule has 0 radical (unpaired) electrons. The van der Waals surface area contributed by atoms with Gasteiger partial charge in [0.15, 0.2) is 0 Å². The van der Waals surface area contributed by atoms with Crippen molar-refractivity contribution in [3.05, 3.63) is 23.0 Å². The Kier molecular flexibility index (Phi) is 4.39. The molecule has 1 saturated heterocycles. The molecule has 1 atom stereocenters. The van der Waals surface area contributed by atoms with E-state index in [0.717, 1.165) is 49.6 Å². The maximum absolute atomic E-state index is 9.35. The maximum atomic E-state index is 9.35. The molecule has 2 rings (SSSR count). The molecule has 0 bridgehead atoms. The van der Waals surface area contributed by atoms with Crippen LogP contribution in [0.15, 0.2) is 6.07 Å². The number of anilines is 1. The van der Waals surface area contributed by atoms with Crippen LogP contribution < -0.4 is 4.90 Å². The molecule has 1 unspecified atom stereocenters. The van der Waals surface area contributed by atoms with E-state index in [9.17, 15) is 5.26 Å². The van der Waals surface area contributed by atoms with Gasteiger partial charge in [-0.2, -0.15) is 5.26 Å². The van der Waals surface area contributed by atoms with Crippen LogP contribution in [0.2, 0.25) is 0 Å². The lowest BCUT2D eigenvalue weighted by Crippen LogP contribution is -2.32. The van der Waals surface area contributed by atoms with Crippen LogP contribution in [0.3, 0.4) is 0 Å². The number of nitrogens with zero attached hydrogens (tertiary/aromatic N) is 3. The second-order valence-corrected chi connectivity index (χ2v) is 5.03. The molecule has 2 heterocycles. The molecule has 1 aromatic rings. The van der Waals surface area contributed by atoms with E-state index in [1.807, 2.05) is 19.9 Å². The number of pyridine rings is 1. The van der Waals surface area contributed by atoms with Gasteiger partial charge in [-0.3, -0.25) is 4.98 Å². The van der Waals surface area contributed by atoms with Crippen molar-refractivity contribution in [1.29, 1.82) is 5.26 Å². The van der Waals surface area contributed by atoms with Crippen LogP contribution >= 0.6 is 0 Å². The Bertz CT molecular complexity index is 487. The van der Waals surface area contributed by atoms with Gasteiger partial charge >= 0.3 is 0 Å². The molecule has 0 amide bonds. The molecule has 0 aromatic carbocycles. The van der Waals surface area contributed by atoms with Gasteiger partial charge in [0, 0.05) is 25.4 Å². The van der Waals surface area contributed by atoms with Crippen molar-refractivity contribution in [2.45, 2.75) is 39.7 Å². The van der Waals surface area contributed by atoms with Crippen LogP contribution in [0.5, 0.6) is 0 Å². The van der Waals surface area contributed by atoms with Crippen LogP contribution in [0, 0.1) is 25.2 Å². The number of likely N-dealkylation sites (N-methyl/N-ethyl adjacent to an activating group) is 1. The molecular formula is C15H21N3O. The molecule has 102 valence electrons. The van der Waals surface area contributed by atoms with Gasteiger partial charge in [0.05, 0.1) is 23.0 Å². The number of ether oxygens (including phenoxy) is 1. The highest BCUT2D eigenvalue weighted by Crippen LogP contribution is 2.25. The second-order valence-electron chi connectivity index (χ2n) is 5.03. The van der Waals surface area contributed by atoms with Gasteiger partial charge in [-0.15, -0.1) is 0 Å². The molecular weight excluding hydrogens is 238 g/mol. The summed E-state index contributed by atoms with van der Waals surface area (Å²) >= 11 is 0. The summed E-state index contributed by atoms with van der Waals surface area (Å²) in [5.41, 5.74) is 3.44. The highest BCUT2D eigenvalue weighted by Gasteiger charge is 2.21. The number of aromatic nitrogens is 1. The van der Waals surface area contributed by atoms with E-state index >= 15 is 0 Å². The van der Waals surface area contributed by atoms with E-state index in [-0.39, 0.29) is 0 Å². The third-order valence-corrected chi connectivity index (χ3v) is 3.59. The molecule has 1 aromatic heterocycles. The summed E-state index contributed by atoms with van der Waals surface area (Å²) < 4.78 is 5.70. The predicted molar refractivity (Wildman–Crippen MR) is 75.3 cm³/mol. The summed E-state index contributed by atoms with van der Waals surface area (Å²) in [5.74, 6) is 0. The van der Waals surface area contributed by atoms with E-state index in [0.29, 0.717) is 11.7 Å². The van der Waals surface area contributed by atoms with Gasteiger partial charge in [-0.1, -0.05) is 0 Å². The lowest BCUT2D eigenvalue weighted by Gasteiger charge is -2.27. The Labute approximate surface area is 115 Å². The molecule has 1 fully saturated rings. The first-order chi connectivity index (χ1) is 9.15. The van der Waals surface area contributed by atoms with Crippen LogP contribution in [-0.2, 0) is 4.74 Å². The van der Waals surface area contributed by atoms with Gasteiger partial charge in [0.25, 0.3) is 0 Å². The first kappa shape index (κ1) is 13.8. The van der Waals surface area contributed by atoms with Crippen molar-refractivity contribution in [2.24, 2.45) is 0 Å². The van der Waals surface area contributed by atoms with Gasteiger partial charge < -0.3 is 9.64 Å². The minimum Gasteiger partial charge on any atom is -0.376 e. The van der Waals surface area contributed by atoms with Crippen molar-refractivity contribution < 1.29 is 4.74 Å². The quantitative estimate of drug-likeness (QED) is 0.834. The highest BCUT2D eigenvalue weighted by molar-refractivity contribution is 5.61. The number of hydrogen-bond donors (Lipinski definition) is 0. The Morgan fingerprint density at radius 2 is 2.32 bits per heavy atom. The van der Waals surface area contributed by atoms with Crippen molar-refractivity contribution in [3.63, 3.8) is 0 Å². The Hall–Kier alpha value is -1.60. The molecule has 1 aliphatic heterocycles. The SMILES string of the molecule is CCN(CC1CCCO1)c1cc(C)nc(C)c1C#N. The zero-order valence-electron chi connectivity index (χ0n) is 11.9. The average Bonchev–Trinajstić information content (AvgIpc) is 2.88. The normalized spacial score (nSPS) is 18.3. The molecule has 0 saturated carbocycles. The van der Waals surface area contributed by atoms with Crippen LogP contribution in [0.1, 0.15) is 36.7 Å². The number of rotatable bonds is 4. The lowest BCUT2D eigenvalue weighted by molar-refractivity contribution is 0.115. The highest BCUT2D eigenvalue weighted by atomic mass is 16.5. The van der Waals surface area contributed by atoms with Crippen molar-refractivity contribution >= 4 is 5.69 Å². The molecule has 0 aliphatic carbocycles. The van der Waals surface area contributed by atoms with E-state index in [1.165, 1.54) is 0 Å². The van der Waals surface area contributed by atoms with Crippen molar-refractivity contribution in [3.8, 4) is 6.07 Å².